The van der Waals surface area contributed by atoms with E-state index in [9.17, 15) is 31.6 Å². The van der Waals surface area contributed by atoms with Crippen LogP contribution in [-0.2, 0) is 19.6 Å². The number of thioether (sulfide) groups is 1. The SMILES string of the molecule is O=C(NCCN1C(=O)S/C(=C\c2ccccc2F)C1=O)C1CCN(S(=O)(=O)c2ccccc2F)CC1. The van der Waals surface area contributed by atoms with Crippen LogP contribution in [0.3, 0.4) is 0 Å². The van der Waals surface area contributed by atoms with Crippen molar-refractivity contribution in [3.8, 4) is 0 Å². The number of amides is 3. The van der Waals surface area contributed by atoms with E-state index >= 15 is 0 Å². The first-order valence-electron chi connectivity index (χ1n) is 11.2. The molecule has 2 aliphatic rings. The van der Waals surface area contributed by atoms with E-state index in [0.717, 1.165) is 15.3 Å². The molecule has 190 valence electrons. The van der Waals surface area contributed by atoms with E-state index in [1.807, 2.05) is 0 Å². The maximum Gasteiger partial charge on any atom is 0.293 e. The van der Waals surface area contributed by atoms with E-state index in [2.05, 4.69) is 5.32 Å². The summed E-state index contributed by atoms with van der Waals surface area (Å²) in [6, 6.07) is 11.0. The molecule has 3 amide bonds. The molecule has 0 saturated carbocycles. The van der Waals surface area contributed by atoms with Crippen LogP contribution in [-0.4, -0.2) is 60.9 Å². The van der Waals surface area contributed by atoms with Crippen molar-refractivity contribution in [2.45, 2.75) is 17.7 Å². The zero-order chi connectivity index (χ0) is 25.9. The average molecular weight is 536 g/mol. The molecule has 1 N–H and O–H groups in total. The monoisotopic (exact) mass is 535 g/mol. The fraction of sp³-hybridized carbons (Fsp3) is 0.292. The third kappa shape index (κ3) is 5.50. The van der Waals surface area contributed by atoms with Gasteiger partial charge in [0.2, 0.25) is 15.9 Å². The van der Waals surface area contributed by atoms with E-state index < -0.39 is 43.6 Å². The van der Waals surface area contributed by atoms with Crippen LogP contribution in [0.2, 0.25) is 0 Å². The van der Waals surface area contributed by atoms with E-state index in [4.69, 9.17) is 0 Å². The second-order valence-electron chi connectivity index (χ2n) is 8.25. The number of carbonyl (C=O) groups is 3. The lowest BCUT2D eigenvalue weighted by Gasteiger charge is -2.30. The quantitative estimate of drug-likeness (QED) is 0.546. The second kappa shape index (κ2) is 10.9. The van der Waals surface area contributed by atoms with Crippen molar-refractivity contribution < 1.29 is 31.6 Å². The molecule has 12 heteroatoms. The number of nitrogens with zero attached hydrogens (tertiary/aromatic N) is 2. The summed E-state index contributed by atoms with van der Waals surface area (Å²) in [6.07, 6.45) is 1.83. The maximum atomic E-state index is 14.0. The molecule has 0 radical (unpaired) electrons. The Hall–Kier alpha value is -3.09. The molecule has 2 fully saturated rings. The van der Waals surface area contributed by atoms with Gasteiger partial charge in [-0.05, 0) is 48.9 Å². The lowest BCUT2D eigenvalue weighted by molar-refractivity contribution is -0.127. The number of hydrogen-bond donors (Lipinski definition) is 1. The average Bonchev–Trinajstić information content (AvgIpc) is 3.13. The molecule has 2 saturated heterocycles. The Morgan fingerprint density at radius 3 is 2.33 bits per heavy atom. The summed E-state index contributed by atoms with van der Waals surface area (Å²) >= 11 is 0.704. The molecule has 2 aliphatic heterocycles. The fourth-order valence-electron chi connectivity index (χ4n) is 4.01. The van der Waals surface area contributed by atoms with Gasteiger partial charge in [-0.3, -0.25) is 19.3 Å². The Balaban J connectivity index is 1.27. The highest BCUT2D eigenvalue weighted by Crippen LogP contribution is 2.32. The van der Waals surface area contributed by atoms with E-state index in [1.54, 1.807) is 6.07 Å². The van der Waals surface area contributed by atoms with Crippen molar-refractivity contribution in [2.75, 3.05) is 26.2 Å². The van der Waals surface area contributed by atoms with Crippen LogP contribution < -0.4 is 5.32 Å². The van der Waals surface area contributed by atoms with Crippen LogP contribution in [0.4, 0.5) is 13.6 Å². The number of halogens is 2. The molecule has 0 aromatic heterocycles. The molecule has 0 aliphatic carbocycles. The summed E-state index contributed by atoms with van der Waals surface area (Å²) in [7, 11) is -4.00. The van der Waals surface area contributed by atoms with Gasteiger partial charge in [-0.25, -0.2) is 17.2 Å². The Morgan fingerprint density at radius 2 is 1.67 bits per heavy atom. The topological polar surface area (TPSA) is 104 Å². The normalized spacial score (nSPS) is 18.7. The number of nitrogens with one attached hydrogen (secondary N) is 1. The van der Waals surface area contributed by atoms with Gasteiger partial charge in [0.25, 0.3) is 11.1 Å². The minimum atomic E-state index is -4.00. The van der Waals surface area contributed by atoms with Crippen molar-refractivity contribution >= 4 is 44.9 Å². The summed E-state index contributed by atoms with van der Waals surface area (Å²) in [5.41, 5.74) is 0.194. The number of hydrogen-bond acceptors (Lipinski definition) is 6. The lowest BCUT2D eigenvalue weighted by atomic mass is 9.97. The first-order valence-corrected chi connectivity index (χ1v) is 13.5. The second-order valence-corrected chi connectivity index (χ2v) is 11.2. The van der Waals surface area contributed by atoms with Gasteiger partial charge in [-0.2, -0.15) is 4.31 Å². The van der Waals surface area contributed by atoms with E-state index in [0.29, 0.717) is 11.8 Å². The number of carbonyl (C=O) groups excluding carboxylic acids is 3. The zero-order valence-corrected chi connectivity index (χ0v) is 20.7. The minimum Gasteiger partial charge on any atom is -0.354 e. The molecular formula is C24H23F2N3O5S2. The van der Waals surface area contributed by atoms with Crippen LogP contribution in [0.1, 0.15) is 18.4 Å². The van der Waals surface area contributed by atoms with Crippen molar-refractivity contribution in [1.29, 1.82) is 0 Å². The van der Waals surface area contributed by atoms with Crippen molar-refractivity contribution in [3.63, 3.8) is 0 Å². The highest BCUT2D eigenvalue weighted by atomic mass is 32.2. The molecule has 0 bridgehead atoms. The number of benzene rings is 2. The van der Waals surface area contributed by atoms with Crippen LogP contribution in [0.25, 0.3) is 6.08 Å². The smallest absolute Gasteiger partial charge is 0.293 e. The van der Waals surface area contributed by atoms with E-state index in [-0.39, 0.29) is 55.4 Å². The van der Waals surface area contributed by atoms with Crippen LogP contribution >= 0.6 is 11.8 Å². The number of sulfonamides is 1. The Labute approximate surface area is 211 Å². The maximum absolute atomic E-state index is 14.0. The first-order chi connectivity index (χ1) is 17.2. The van der Waals surface area contributed by atoms with Crippen LogP contribution in [0.15, 0.2) is 58.3 Å². The molecule has 2 aromatic rings. The molecule has 2 aromatic carbocycles. The Kier molecular flexibility index (Phi) is 7.86. The standard InChI is InChI=1S/C24H23F2N3O5S2/c25-18-6-2-1-5-17(18)15-20-23(31)29(24(32)35-20)14-11-27-22(30)16-9-12-28(13-10-16)36(33,34)21-8-4-3-7-19(21)26/h1-8,15-16H,9-14H2,(H,27,30)/b20-15-. The predicted molar refractivity (Wildman–Crippen MR) is 130 cm³/mol. The number of piperidine rings is 1. The molecular weight excluding hydrogens is 512 g/mol. The highest BCUT2D eigenvalue weighted by molar-refractivity contribution is 8.18. The van der Waals surface area contributed by atoms with Gasteiger partial charge in [0.1, 0.15) is 16.5 Å². The predicted octanol–water partition coefficient (Wildman–Crippen LogP) is 3.22. The van der Waals surface area contributed by atoms with Gasteiger partial charge in [0.15, 0.2) is 0 Å². The summed E-state index contributed by atoms with van der Waals surface area (Å²) < 4.78 is 54.4. The van der Waals surface area contributed by atoms with Gasteiger partial charge >= 0.3 is 0 Å². The van der Waals surface area contributed by atoms with Gasteiger partial charge in [-0.1, -0.05) is 30.3 Å². The minimum absolute atomic E-state index is 0.0254. The Bertz CT molecular complexity index is 1320. The Morgan fingerprint density at radius 1 is 1.03 bits per heavy atom. The lowest BCUT2D eigenvalue weighted by Crippen LogP contribution is -2.44. The highest BCUT2D eigenvalue weighted by Gasteiger charge is 2.36. The van der Waals surface area contributed by atoms with Crippen LogP contribution in [0, 0.1) is 17.6 Å². The summed E-state index contributed by atoms with van der Waals surface area (Å²) in [4.78, 5) is 38.1. The van der Waals surface area contributed by atoms with Gasteiger partial charge < -0.3 is 5.32 Å². The summed E-state index contributed by atoms with van der Waals surface area (Å²) in [5.74, 6) is -2.66. The third-order valence-electron chi connectivity index (χ3n) is 5.98. The van der Waals surface area contributed by atoms with Gasteiger partial charge in [0, 0.05) is 37.7 Å². The zero-order valence-electron chi connectivity index (χ0n) is 19.0. The fourth-order valence-corrected chi connectivity index (χ4v) is 6.40. The van der Waals surface area contributed by atoms with Crippen molar-refractivity contribution in [1.82, 2.24) is 14.5 Å². The van der Waals surface area contributed by atoms with Gasteiger partial charge in [0.05, 0.1) is 4.91 Å². The van der Waals surface area contributed by atoms with E-state index in [1.165, 1.54) is 42.5 Å². The molecule has 0 spiro atoms. The largest absolute Gasteiger partial charge is 0.354 e. The van der Waals surface area contributed by atoms with Gasteiger partial charge in [-0.15, -0.1) is 0 Å². The van der Waals surface area contributed by atoms with Crippen molar-refractivity contribution in [2.24, 2.45) is 5.92 Å². The molecule has 8 nitrogen and oxygen atoms in total. The van der Waals surface area contributed by atoms with Crippen LogP contribution in [0.5, 0.6) is 0 Å². The molecule has 36 heavy (non-hydrogen) atoms. The molecule has 4 rings (SSSR count). The summed E-state index contributed by atoms with van der Waals surface area (Å²) in [6.45, 7) is 0.112. The number of imide groups is 1. The third-order valence-corrected chi connectivity index (χ3v) is 8.82. The molecule has 0 unspecified atom stereocenters. The van der Waals surface area contributed by atoms with Crippen molar-refractivity contribution in [3.05, 3.63) is 70.6 Å². The first kappa shape index (κ1) is 26.0. The molecule has 0 atom stereocenters. The number of rotatable bonds is 7. The molecule has 2 heterocycles. The summed E-state index contributed by atoms with van der Waals surface area (Å²) in [5, 5.41) is 2.18.